The van der Waals surface area contributed by atoms with Crippen molar-refractivity contribution in [1.82, 2.24) is 15.1 Å². The van der Waals surface area contributed by atoms with Crippen LogP contribution in [0.2, 0.25) is 0 Å². The van der Waals surface area contributed by atoms with E-state index < -0.39 is 11.7 Å². The molecular formula is C25H29FN6O. The van der Waals surface area contributed by atoms with Crippen LogP contribution in [0.15, 0.2) is 47.5 Å². The summed E-state index contributed by atoms with van der Waals surface area (Å²) in [5.74, 6) is -1.47. The number of aromatic amines is 1. The van der Waals surface area contributed by atoms with Gasteiger partial charge in [-0.05, 0) is 38.6 Å². The Bertz CT molecular complexity index is 1180. The van der Waals surface area contributed by atoms with Crippen LogP contribution in [-0.4, -0.2) is 59.9 Å². The van der Waals surface area contributed by atoms with Crippen molar-refractivity contribution >= 4 is 23.0 Å². The van der Waals surface area contributed by atoms with E-state index in [0.717, 1.165) is 37.4 Å². The number of piperazine rings is 1. The number of aryl methyl sites for hydroxylation is 1. The van der Waals surface area contributed by atoms with E-state index in [9.17, 15) is 9.18 Å². The summed E-state index contributed by atoms with van der Waals surface area (Å²) in [5, 5.41) is 7.57. The van der Waals surface area contributed by atoms with E-state index in [2.05, 4.69) is 39.2 Å². The van der Waals surface area contributed by atoms with Crippen molar-refractivity contribution in [2.24, 2.45) is 10.7 Å². The second-order valence-electron chi connectivity index (χ2n) is 8.32. The van der Waals surface area contributed by atoms with Gasteiger partial charge >= 0.3 is 0 Å². The third-order valence-electron chi connectivity index (χ3n) is 6.11. The van der Waals surface area contributed by atoms with E-state index in [1.54, 1.807) is 19.1 Å². The number of halogens is 1. The first-order chi connectivity index (χ1) is 15.9. The van der Waals surface area contributed by atoms with Crippen molar-refractivity contribution in [2.75, 3.05) is 38.1 Å². The molecule has 3 aromatic rings. The molecule has 0 radical (unpaired) electrons. The lowest BCUT2D eigenvalue weighted by Crippen LogP contribution is -2.44. The van der Waals surface area contributed by atoms with E-state index in [1.807, 2.05) is 19.1 Å². The average molecular weight is 449 g/mol. The van der Waals surface area contributed by atoms with Gasteiger partial charge in [-0.1, -0.05) is 31.2 Å². The molecule has 1 aromatic heterocycles. The molecule has 8 heteroatoms. The number of hydrogen-bond acceptors (Lipinski definition) is 5. The van der Waals surface area contributed by atoms with Crippen LogP contribution in [0.25, 0.3) is 11.3 Å². The van der Waals surface area contributed by atoms with E-state index >= 15 is 0 Å². The van der Waals surface area contributed by atoms with Crippen LogP contribution in [0.5, 0.6) is 0 Å². The number of carbonyl (C=O) groups excluding carboxylic acids is 1. The Morgan fingerprint density at radius 1 is 1.12 bits per heavy atom. The largest absolute Gasteiger partial charge is 0.369 e. The molecule has 0 spiro atoms. The molecule has 1 aliphatic rings. The number of nitrogens with two attached hydrogens (primary N) is 1. The number of likely N-dealkylation sites (N-methyl/N-ethyl adjacent to an activating group) is 1. The molecule has 0 aliphatic carbocycles. The molecular weight excluding hydrogens is 419 g/mol. The van der Waals surface area contributed by atoms with Crippen molar-refractivity contribution in [3.05, 3.63) is 65.1 Å². The number of amides is 1. The Hall–Kier alpha value is -3.52. The van der Waals surface area contributed by atoms with Crippen LogP contribution in [0.3, 0.4) is 0 Å². The van der Waals surface area contributed by atoms with Gasteiger partial charge in [-0.15, -0.1) is 0 Å². The molecule has 1 amide bonds. The topological polar surface area (TPSA) is 90.6 Å². The fourth-order valence-electron chi connectivity index (χ4n) is 4.06. The summed E-state index contributed by atoms with van der Waals surface area (Å²) >= 11 is 0. The lowest BCUT2D eigenvalue weighted by molar-refractivity contribution is 0.0996. The van der Waals surface area contributed by atoms with Crippen LogP contribution in [0.4, 0.5) is 15.8 Å². The van der Waals surface area contributed by atoms with Gasteiger partial charge in [-0.2, -0.15) is 5.10 Å². The smallest absolute Gasteiger partial charge is 0.251 e. The molecule has 0 bridgehead atoms. The zero-order chi connectivity index (χ0) is 23.5. The SMILES string of the molecule is CCc1[nH]nc(-c2ccc(N3CCN(C)CC3)cc2)c1N=C(C)c1cccc(C(N)=O)c1F. The van der Waals surface area contributed by atoms with Crippen LogP contribution in [-0.2, 0) is 6.42 Å². The quantitative estimate of drug-likeness (QED) is 0.562. The molecule has 4 rings (SSSR count). The van der Waals surface area contributed by atoms with E-state index in [1.165, 1.54) is 11.8 Å². The zero-order valence-electron chi connectivity index (χ0n) is 19.2. The fourth-order valence-corrected chi connectivity index (χ4v) is 4.06. The highest BCUT2D eigenvalue weighted by Gasteiger charge is 2.19. The van der Waals surface area contributed by atoms with E-state index in [0.29, 0.717) is 23.5 Å². The van der Waals surface area contributed by atoms with Gasteiger partial charge in [0.05, 0.1) is 11.3 Å². The number of aliphatic imine (C=N–C) groups is 1. The summed E-state index contributed by atoms with van der Waals surface area (Å²) in [6.07, 6.45) is 0.697. The number of H-pyrrole nitrogens is 1. The van der Waals surface area contributed by atoms with Crippen LogP contribution >= 0.6 is 0 Å². The van der Waals surface area contributed by atoms with Gasteiger partial charge in [0, 0.05) is 48.7 Å². The molecule has 33 heavy (non-hydrogen) atoms. The molecule has 2 aromatic carbocycles. The molecule has 1 aliphatic heterocycles. The molecule has 0 unspecified atom stereocenters. The number of hydrogen-bond donors (Lipinski definition) is 2. The third-order valence-corrected chi connectivity index (χ3v) is 6.11. The maximum atomic E-state index is 14.8. The molecule has 0 saturated carbocycles. The summed E-state index contributed by atoms with van der Waals surface area (Å²) < 4.78 is 14.8. The molecule has 7 nitrogen and oxygen atoms in total. The lowest BCUT2D eigenvalue weighted by atomic mass is 10.0. The van der Waals surface area contributed by atoms with Crippen molar-refractivity contribution in [3.63, 3.8) is 0 Å². The van der Waals surface area contributed by atoms with Gasteiger partial charge in [0.2, 0.25) is 0 Å². The fraction of sp³-hybridized carbons (Fsp3) is 0.320. The highest BCUT2D eigenvalue weighted by atomic mass is 19.1. The first-order valence-corrected chi connectivity index (χ1v) is 11.1. The Labute approximate surface area is 193 Å². The van der Waals surface area contributed by atoms with Crippen molar-refractivity contribution in [1.29, 1.82) is 0 Å². The van der Waals surface area contributed by atoms with Gasteiger partial charge in [0.1, 0.15) is 17.2 Å². The summed E-state index contributed by atoms with van der Waals surface area (Å²) in [4.78, 5) is 21.0. The summed E-state index contributed by atoms with van der Waals surface area (Å²) in [7, 11) is 2.14. The number of carbonyl (C=O) groups is 1. The maximum absolute atomic E-state index is 14.8. The van der Waals surface area contributed by atoms with Crippen molar-refractivity contribution in [3.8, 4) is 11.3 Å². The van der Waals surface area contributed by atoms with Crippen molar-refractivity contribution < 1.29 is 9.18 Å². The van der Waals surface area contributed by atoms with Gasteiger partial charge in [0.25, 0.3) is 5.91 Å². The summed E-state index contributed by atoms with van der Waals surface area (Å²) in [6, 6.07) is 12.9. The number of benzene rings is 2. The van der Waals surface area contributed by atoms with E-state index in [4.69, 9.17) is 10.7 Å². The second-order valence-corrected chi connectivity index (χ2v) is 8.32. The first-order valence-electron chi connectivity index (χ1n) is 11.1. The lowest BCUT2D eigenvalue weighted by Gasteiger charge is -2.34. The predicted molar refractivity (Wildman–Crippen MR) is 130 cm³/mol. The number of anilines is 1. The highest BCUT2D eigenvalue weighted by molar-refractivity contribution is 6.04. The minimum atomic E-state index is -0.805. The minimum Gasteiger partial charge on any atom is -0.369 e. The Kier molecular flexibility index (Phi) is 6.55. The predicted octanol–water partition coefficient (Wildman–Crippen LogP) is 3.77. The molecule has 3 N–H and O–H groups in total. The molecule has 2 heterocycles. The minimum absolute atomic E-state index is 0.148. The average Bonchev–Trinajstić information content (AvgIpc) is 3.22. The molecule has 1 saturated heterocycles. The molecule has 172 valence electrons. The number of primary amides is 1. The Balaban J connectivity index is 1.67. The van der Waals surface area contributed by atoms with Gasteiger partial charge < -0.3 is 15.5 Å². The van der Waals surface area contributed by atoms with Crippen LogP contribution < -0.4 is 10.6 Å². The Morgan fingerprint density at radius 2 is 1.79 bits per heavy atom. The summed E-state index contributed by atoms with van der Waals surface area (Å²) in [6.45, 7) is 7.83. The monoisotopic (exact) mass is 448 g/mol. The zero-order valence-corrected chi connectivity index (χ0v) is 19.2. The standard InChI is InChI=1S/C25H29FN6O/c1-4-21-24(28-16(2)19-6-5-7-20(22(19)26)25(27)33)23(30-29-21)17-8-10-18(11-9-17)32-14-12-31(3)13-15-32/h5-11H,4,12-15H2,1-3H3,(H2,27,33)(H,29,30). The Morgan fingerprint density at radius 3 is 2.42 bits per heavy atom. The summed E-state index contributed by atoms with van der Waals surface area (Å²) in [5.41, 5.74) is 10.2. The number of rotatable bonds is 6. The van der Waals surface area contributed by atoms with Crippen LogP contribution in [0.1, 0.15) is 35.5 Å². The number of nitrogens with one attached hydrogen (secondary N) is 1. The normalized spacial score (nSPS) is 15.2. The first kappa shape index (κ1) is 22.7. The van der Waals surface area contributed by atoms with E-state index in [-0.39, 0.29) is 11.1 Å². The van der Waals surface area contributed by atoms with Gasteiger partial charge in [-0.25, -0.2) is 9.38 Å². The number of aromatic nitrogens is 2. The third kappa shape index (κ3) is 4.66. The second kappa shape index (κ2) is 9.54. The maximum Gasteiger partial charge on any atom is 0.251 e. The van der Waals surface area contributed by atoms with Gasteiger partial charge in [0.15, 0.2) is 0 Å². The highest BCUT2D eigenvalue weighted by Crippen LogP contribution is 2.34. The molecule has 1 fully saturated rings. The molecule has 0 atom stereocenters. The van der Waals surface area contributed by atoms with Crippen molar-refractivity contribution in [2.45, 2.75) is 20.3 Å². The number of nitrogens with zero attached hydrogens (tertiary/aromatic N) is 4. The van der Waals surface area contributed by atoms with Gasteiger partial charge in [-0.3, -0.25) is 9.89 Å². The van der Waals surface area contributed by atoms with Crippen LogP contribution in [0, 0.1) is 5.82 Å².